The fourth-order valence-corrected chi connectivity index (χ4v) is 1.57. The van der Waals surface area contributed by atoms with Crippen molar-refractivity contribution in [1.82, 2.24) is 10.3 Å². The van der Waals surface area contributed by atoms with Gasteiger partial charge in [-0.15, -0.1) is 0 Å². The Morgan fingerprint density at radius 3 is 2.71 bits per heavy atom. The second kappa shape index (κ2) is 6.20. The van der Waals surface area contributed by atoms with E-state index in [1.54, 1.807) is 0 Å². The summed E-state index contributed by atoms with van der Waals surface area (Å²) in [7, 11) is 0. The van der Waals surface area contributed by atoms with Gasteiger partial charge in [0.25, 0.3) is 5.91 Å². The van der Waals surface area contributed by atoms with E-state index < -0.39 is 0 Å². The summed E-state index contributed by atoms with van der Waals surface area (Å²) in [6, 6.07) is 2.77. The minimum atomic E-state index is -0.224. The van der Waals surface area contributed by atoms with Gasteiger partial charge in [-0.3, -0.25) is 9.59 Å². The van der Waals surface area contributed by atoms with E-state index in [9.17, 15) is 9.59 Å². The molecule has 4 N–H and O–H groups in total. The van der Waals surface area contributed by atoms with Gasteiger partial charge in [-0.2, -0.15) is 0 Å². The first-order valence-electron chi connectivity index (χ1n) is 5.71. The topological polar surface area (TPSA) is 88.0 Å². The summed E-state index contributed by atoms with van der Waals surface area (Å²) >= 11 is 0. The van der Waals surface area contributed by atoms with Crippen molar-refractivity contribution < 1.29 is 4.79 Å². The number of pyridine rings is 1. The lowest BCUT2D eigenvalue weighted by Gasteiger charge is -2.14. The van der Waals surface area contributed by atoms with Gasteiger partial charge in [-0.25, -0.2) is 0 Å². The van der Waals surface area contributed by atoms with Crippen LogP contribution in [-0.4, -0.2) is 23.5 Å². The average molecular weight is 237 g/mol. The molecule has 0 fully saturated rings. The molecule has 1 atom stereocenters. The van der Waals surface area contributed by atoms with Crippen molar-refractivity contribution in [2.45, 2.75) is 26.3 Å². The maximum Gasteiger partial charge on any atom is 0.252 e. The third kappa shape index (κ3) is 4.82. The van der Waals surface area contributed by atoms with Crippen LogP contribution < -0.4 is 16.6 Å². The summed E-state index contributed by atoms with van der Waals surface area (Å²) in [6.45, 7) is 4.61. The number of rotatable bonds is 5. The summed E-state index contributed by atoms with van der Waals surface area (Å²) in [6.07, 6.45) is 2.26. The second-order valence-electron chi connectivity index (χ2n) is 4.54. The van der Waals surface area contributed by atoms with Crippen LogP contribution in [0.4, 0.5) is 0 Å². The maximum atomic E-state index is 11.7. The number of amides is 1. The molecule has 0 bridgehead atoms. The number of aromatic nitrogens is 1. The Morgan fingerprint density at radius 1 is 1.47 bits per heavy atom. The van der Waals surface area contributed by atoms with E-state index in [-0.39, 0.29) is 17.5 Å². The van der Waals surface area contributed by atoms with Crippen LogP contribution in [0.25, 0.3) is 0 Å². The molecule has 0 aliphatic rings. The van der Waals surface area contributed by atoms with Crippen LogP contribution in [0.3, 0.4) is 0 Å². The van der Waals surface area contributed by atoms with Gasteiger partial charge in [0.05, 0.1) is 5.56 Å². The van der Waals surface area contributed by atoms with Crippen molar-refractivity contribution in [2.24, 2.45) is 11.7 Å². The molecule has 0 spiro atoms. The van der Waals surface area contributed by atoms with Crippen LogP contribution in [0, 0.1) is 5.92 Å². The van der Waals surface area contributed by atoms with Gasteiger partial charge < -0.3 is 16.0 Å². The van der Waals surface area contributed by atoms with Crippen molar-refractivity contribution in [3.05, 3.63) is 34.2 Å². The Bertz CT molecular complexity index is 406. The highest BCUT2D eigenvalue weighted by atomic mass is 16.1. The highest BCUT2D eigenvalue weighted by Gasteiger charge is 2.09. The Labute approximate surface area is 100 Å². The van der Waals surface area contributed by atoms with Gasteiger partial charge in [0, 0.05) is 24.8 Å². The minimum absolute atomic E-state index is 0.0401. The molecule has 1 aromatic heterocycles. The van der Waals surface area contributed by atoms with Crippen molar-refractivity contribution in [2.75, 3.05) is 6.54 Å². The summed E-state index contributed by atoms with van der Waals surface area (Å²) in [5.41, 5.74) is 6.06. The molecule has 0 radical (unpaired) electrons. The standard InChI is InChI=1S/C12H19N3O2/c1-8(2)5-10(13)7-15-12(17)9-3-4-11(16)14-6-9/h3-4,6,8,10H,5,7,13H2,1-2H3,(H,14,16)(H,15,17). The third-order valence-corrected chi connectivity index (χ3v) is 2.35. The van der Waals surface area contributed by atoms with Gasteiger partial charge in [0.2, 0.25) is 5.56 Å². The summed E-state index contributed by atoms with van der Waals surface area (Å²) in [4.78, 5) is 24.9. The van der Waals surface area contributed by atoms with E-state index in [2.05, 4.69) is 24.1 Å². The summed E-state index contributed by atoms with van der Waals surface area (Å²) in [5.74, 6) is 0.287. The van der Waals surface area contributed by atoms with Gasteiger partial charge in [0.15, 0.2) is 0 Å². The van der Waals surface area contributed by atoms with E-state index in [4.69, 9.17) is 5.73 Å². The molecule has 5 heteroatoms. The minimum Gasteiger partial charge on any atom is -0.350 e. The molecular weight excluding hydrogens is 218 g/mol. The Morgan fingerprint density at radius 2 is 2.18 bits per heavy atom. The molecule has 0 aliphatic heterocycles. The number of H-pyrrole nitrogens is 1. The average Bonchev–Trinajstić information content (AvgIpc) is 2.26. The fraction of sp³-hybridized carbons (Fsp3) is 0.500. The lowest BCUT2D eigenvalue weighted by atomic mass is 10.0. The van der Waals surface area contributed by atoms with Gasteiger partial charge in [0.1, 0.15) is 0 Å². The molecule has 1 unspecified atom stereocenters. The first-order valence-corrected chi connectivity index (χ1v) is 5.71. The third-order valence-electron chi connectivity index (χ3n) is 2.35. The van der Waals surface area contributed by atoms with E-state index in [1.165, 1.54) is 18.3 Å². The first-order chi connectivity index (χ1) is 7.99. The summed E-state index contributed by atoms with van der Waals surface area (Å²) < 4.78 is 0. The Hall–Kier alpha value is -1.62. The highest BCUT2D eigenvalue weighted by molar-refractivity contribution is 5.93. The Kier molecular flexibility index (Phi) is 4.90. The number of nitrogens with two attached hydrogens (primary N) is 1. The van der Waals surface area contributed by atoms with Gasteiger partial charge in [-0.1, -0.05) is 13.8 Å². The molecule has 17 heavy (non-hydrogen) atoms. The Balaban J connectivity index is 2.44. The van der Waals surface area contributed by atoms with Crippen LogP contribution in [0.15, 0.2) is 23.1 Å². The van der Waals surface area contributed by atoms with Gasteiger partial charge in [-0.05, 0) is 18.4 Å². The quantitative estimate of drug-likeness (QED) is 0.696. The molecular formula is C12H19N3O2. The predicted octanol–water partition coefficient (Wildman–Crippen LogP) is 0.478. The SMILES string of the molecule is CC(C)CC(N)CNC(=O)c1ccc(=O)[nH]c1. The fourth-order valence-electron chi connectivity index (χ4n) is 1.57. The first kappa shape index (κ1) is 13.4. The maximum absolute atomic E-state index is 11.7. The van der Waals surface area contributed by atoms with Crippen molar-refractivity contribution in [1.29, 1.82) is 0 Å². The van der Waals surface area contributed by atoms with Crippen molar-refractivity contribution >= 4 is 5.91 Å². The molecule has 0 saturated carbocycles. The van der Waals surface area contributed by atoms with E-state index in [0.717, 1.165) is 6.42 Å². The molecule has 1 amide bonds. The predicted molar refractivity (Wildman–Crippen MR) is 66.8 cm³/mol. The lowest BCUT2D eigenvalue weighted by molar-refractivity contribution is 0.0949. The van der Waals surface area contributed by atoms with Gasteiger partial charge >= 0.3 is 0 Å². The monoisotopic (exact) mass is 237 g/mol. The molecule has 94 valence electrons. The number of carbonyl (C=O) groups is 1. The number of nitrogens with one attached hydrogen (secondary N) is 2. The molecule has 1 rings (SSSR count). The molecule has 0 aromatic carbocycles. The van der Waals surface area contributed by atoms with E-state index in [0.29, 0.717) is 18.0 Å². The van der Waals surface area contributed by atoms with Crippen LogP contribution >= 0.6 is 0 Å². The smallest absolute Gasteiger partial charge is 0.252 e. The van der Waals surface area contributed by atoms with Crippen molar-refractivity contribution in [3.63, 3.8) is 0 Å². The second-order valence-corrected chi connectivity index (χ2v) is 4.54. The van der Waals surface area contributed by atoms with Crippen LogP contribution in [-0.2, 0) is 0 Å². The zero-order chi connectivity index (χ0) is 12.8. The largest absolute Gasteiger partial charge is 0.350 e. The molecule has 0 saturated heterocycles. The van der Waals surface area contributed by atoms with Crippen LogP contribution in [0.2, 0.25) is 0 Å². The summed E-state index contributed by atoms with van der Waals surface area (Å²) in [5, 5.41) is 2.74. The highest BCUT2D eigenvalue weighted by Crippen LogP contribution is 2.02. The lowest BCUT2D eigenvalue weighted by Crippen LogP contribution is -2.38. The molecule has 5 nitrogen and oxygen atoms in total. The van der Waals surface area contributed by atoms with Crippen molar-refractivity contribution in [3.8, 4) is 0 Å². The number of hydrogen-bond acceptors (Lipinski definition) is 3. The normalized spacial score (nSPS) is 12.5. The van der Waals surface area contributed by atoms with Crippen LogP contribution in [0.1, 0.15) is 30.6 Å². The molecule has 1 heterocycles. The van der Waals surface area contributed by atoms with E-state index >= 15 is 0 Å². The molecule has 1 aromatic rings. The van der Waals surface area contributed by atoms with E-state index in [1.807, 2.05) is 0 Å². The number of aromatic amines is 1. The van der Waals surface area contributed by atoms with Crippen LogP contribution in [0.5, 0.6) is 0 Å². The zero-order valence-corrected chi connectivity index (χ0v) is 10.2. The number of carbonyl (C=O) groups excluding carboxylic acids is 1. The number of hydrogen-bond donors (Lipinski definition) is 3. The molecule has 0 aliphatic carbocycles. The zero-order valence-electron chi connectivity index (χ0n) is 10.2.